The Kier molecular flexibility index (Phi) is 5.68. The Labute approximate surface area is 152 Å². The van der Waals surface area contributed by atoms with E-state index in [0.29, 0.717) is 39.8 Å². The van der Waals surface area contributed by atoms with Gasteiger partial charge in [-0.3, -0.25) is 4.79 Å². The van der Waals surface area contributed by atoms with Crippen molar-refractivity contribution in [3.8, 4) is 23.3 Å². The molecule has 7 nitrogen and oxygen atoms in total. The predicted molar refractivity (Wildman–Crippen MR) is 98.6 cm³/mol. The van der Waals surface area contributed by atoms with E-state index in [1.165, 1.54) is 26.0 Å². The van der Waals surface area contributed by atoms with Gasteiger partial charge in [0.05, 0.1) is 27.0 Å². The molecule has 1 heterocycles. The number of nitrogens with zero attached hydrogens (tertiary/aromatic N) is 3. The first-order valence-corrected chi connectivity index (χ1v) is 7.87. The highest BCUT2D eigenvalue weighted by Crippen LogP contribution is 2.38. The normalized spacial score (nSPS) is 11.0. The number of ether oxygens (including phenoxy) is 3. The number of benzene rings is 1. The minimum atomic E-state index is -0.447. The van der Waals surface area contributed by atoms with Crippen LogP contribution in [0.5, 0.6) is 17.2 Å². The third-order valence-electron chi connectivity index (χ3n) is 4.00. The highest BCUT2D eigenvalue weighted by molar-refractivity contribution is 5.99. The summed E-state index contributed by atoms with van der Waals surface area (Å²) >= 11 is 0. The van der Waals surface area contributed by atoms with Crippen LogP contribution in [0, 0.1) is 25.2 Å². The van der Waals surface area contributed by atoms with Crippen LogP contribution in [0.15, 0.2) is 28.1 Å². The molecule has 0 spiro atoms. The maximum Gasteiger partial charge on any atom is 0.289 e. The minimum Gasteiger partial charge on any atom is -0.493 e. The molecule has 0 fully saturated rings. The molecule has 1 aromatic carbocycles. The fraction of sp³-hybridized carbons (Fsp3) is 0.316. The molecule has 0 saturated heterocycles. The van der Waals surface area contributed by atoms with E-state index in [4.69, 9.17) is 14.2 Å². The van der Waals surface area contributed by atoms with Crippen molar-refractivity contribution in [1.82, 2.24) is 4.68 Å². The van der Waals surface area contributed by atoms with Crippen molar-refractivity contribution in [1.29, 1.82) is 5.26 Å². The maximum atomic E-state index is 12.5. The lowest BCUT2D eigenvalue weighted by molar-refractivity contribution is 0.324. The second-order valence-corrected chi connectivity index (χ2v) is 5.67. The number of hydrogen-bond acceptors (Lipinski definition) is 6. The first kappa shape index (κ1) is 19.1. The quantitative estimate of drug-likeness (QED) is 0.770. The summed E-state index contributed by atoms with van der Waals surface area (Å²) in [5.41, 5.74) is 2.16. The summed E-state index contributed by atoms with van der Waals surface area (Å²) in [5.74, 6) is 1.45. The number of methoxy groups -OCH3 is 3. The van der Waals surface area contributed by atoms with Gasteiger partial charge >= 0.3 is 0 Å². The van der Waals surface area contributed by atoms with Gasteiger partial charge in [0.2, 0.25) is 5.75 Å². The van der Waals surface area contributed by atoms with Gasteiger partial charge in [-0.1, -0.05) is 0 Å². The standard InChI is InChI=1S/C19H21N3O4/c1-11-7-12(2)22(19(23)15(11)10-20)21-13(3)14-8-16(24-4)18(26-6)17(9-14)25-5/h7-9H,1-6H3/b21-13-. The number of aryl methyl sites for hydroxylation is 2. The molecule has 136 valence electrons. The van der Waals surface area contributed by atoms with Crippen LogP contribution in [0.25, 0.3) is 0 Å². The average molecular weight is 355 g/mol. The van der Waals surface area contributed by atoms with Crippen molar-refractivity contribution < 1.29 is 14.2 Å². The van der Waals surface area contributed by atoms with Gasteiger partial charge in [0.1, 0.15) is 11.6 Å². The van der Waals surface area contributed by atoms with Gasteiger partial charge in [-0.2, -0.15) is 10.4 Å². The number of rotatable bonds is 5. The van der Waals surface area contributed by atoms with Gasteiger partial charge < -0.3 is 14.2 Å². The van der Waals surface area contributed by atoms with E-state index in [1.807, 2.05) is 6.07 Å². The van der Waals surface area contributed by atoms with E-state index in [-0.39, 0.29) is 5.56 Å². The Bertz CT molecular complexity index is 943. The summed E-state index contributed by atoms with van der Waals surface area (Å²) in [6, 6.07) is 7.19. The van der Waals surface area contributed by atoms with E-state index >= 15 is 0 Å². The third-order valence-corrected chi connectivity index (χ3v) is 4.00. The number of nitriles is 1. The Morgan fingerprint density at radius 3 is 2.12 bits per heavy atom. The molecule has 7 heteroatoms. The molecule has 0 atom stereocenters. The molecule has 26 heavy (non-hydrogen) atoms. The summed E-state index contributed by atoms with van der Waals surface area (Å²) in [6.07, 6.45) is 0. The summed E-state index contributed by atoms with van der Waals surface area (Å²) in [7, 11) is 4.59. The molecule has 0 N–H and O–H groups in total. The highest BCUT2D eigenvalue weighted by Gasteiger charge is 2.15. The van der Waals surface area contributed by atoms with Gasteiger partial charge in [-0.25, -0.2) is 4.68 Å². The van der Waals surface area contributed by atoms with E-state index < -0.39 is 5.56 Å². The number of aromatic nitrogens is 1. The van der Waals surface area contributed by atoms with Gasteiger partial charge in [0.15, 0.2) is 11.5 Å². The molecule has 1 aromatic heterocycles. The SMILES string of the molecule is COc1cc(/C(C)=N\n2c(C)cc(C)c(C#N)c2=O)cc(OC)c1OC. The fourth-order valence-corrected chi connectivity index (χ4v) is 2.64. The summed E-state index contributed by atoms with van der Waals surface area (Å²) in [4.78, 5) is 12.5. The molecule has 0 aliphatic rings. The Morgan fingerprint density at radius 2 is 1.65 bits per heavy atom. The maximum absolute atomic E-state index is 12.5. The molecule has 0 unspecified atom stereocenters. The lowest BCUT2D eigenvalue weighted by Gasteiger charge is -2.14. The second kappa shape index (κ2) is 7.74. The monoisotopic (exact) mass is 355 g/mol. The number of pyridine rings is 1. The van der Waals surface area contributed by atoms with Gasteiger partial charge in [0, 0.05) is 11.3 Å². The lowest BCUT2D eigenvalue weighted by atomic mass is 10.1. The van der Waals surface area contributed by atoms with Crippen LogP contribution in [0.2, 0.25) is 0 Å². The van der Waals surface area contributed by atoms with Crippen molar-refractivity contribution in [2.75, 3.05) is 21.3 Å². The molecule has 0 radical (unpaired) electrons. The van der Waals surface area contributed by atoms with E-state index in [9.17, 15) is 10.1 Å². The van der Waals surface area contributed by atoms with E-state index in [0.717, 1.165) is 0 Å². The van der Waals surface area contributed by atoms with Crippen molar-refractivity contribution in [3.63, 3.8) is 0 Å². The highest BCUT2D eigenvalue weighted by atomic mass is 16.5. The first-order valence-electron chi connectivity index (χ1n) is 7.87. The van der Waals surface area contributed by atoms with Crippen molar-refractivity contribution in [2.45, 2.75) is 20.8 Å². The molecule has 0 bridgehead atoms. The summed E-state index contributed by atoms with van der Waals surface area (Å²) < 4.78 is 17.2. The van der Waals surface area contributed by atoms with Gasteiger partial charge in [0.25, 0.3) is 5.56 Å². The van der Waals surface area contributed by atoms with Crippen LogP contribution in [-0.2, 0) is 0 Å². The van der Waals surface area contributed by atoms with Gasteiger partial charge in [-0.05, 0) is 44.5 Å². The average Bonchev–Trinajstić information content (AvgIpc) is 2.63. The van der Waals surface area contributed by atoms with Crippen LogP contribution in [0.1, 0.15) is 29.3 Å². The van der Waals surface area contributed by atoms with E-state index in [2.05, 4.69) is 5.10 Å². The van der Waals surface area contributed by atoms with Crippen LogP contribution >= 0.6 is 0 Å². The molecule has 0 aliphatic heterocycles. The van der Waals surface area contributed by atoms with Gasteiger partial charge in [-0.15, -0.1) is 0 Å². The Hall–Kier alpha value is -3.27. The topological polar surface area (TPSA) is 85.8 Å². The van der Waals surface area contributed by atoms with Crippen LogP contribution in [0.3, 0.4) is 0 Å². The van der Waals surface area contributed by atoms with Crippen molar-refractivity contribution >= 4 is 5.71 Å². The minimum absolute atomic E-state index is 0.0806. The Balaban J connectivity index is 2.66. The van der Waals surface area contributed by atoms with Crippen molar-refractivity contribution in [2.24, 2.45) is 5.10 Å². The summed E-state index contributed by atoms with van der Waals surface area (Å²) in [6.45, 7) is 5.26. The molecular weight excluding hydrogens is 334 g/mol. The van der Waals surface area contributed by atoms with Crippen LogP contribution < -0.4 is 19.8 Å². The molecular formula is C19H21N3O4. The third kappa shape index (κ3) is 3.40. The predicted octanol–water partition coefficient (Wildman–Crippen LogP) is 2.63. The molecule has 2 rings (SSSR count). The lowest BCUT2D eigenvalue weighted by Crippen LogP contribution is -2.23. The zero-order valence-corrected chi connectivity index (χ0v) is 15.7. The second-order valence-electron chi connectivity index (χ2n) is 5.67. The summed E-state index contributed by atoms with van der Waals surface area (Å²) in [5, 5.41) is 13.6. The van der Waals surface area contributed by atoms with Crippen LogP contribution in [-0.4, -0.2) is 31.7 Å². The molecule has 2 aromatic rings. The Morgan fingerprint density at radius 1 is 1.08 bits per heavy atom. The zero-order chi connectivity index (χ0) is 19.4. The zero-order valence-electron chi connectivity index (χ0n) is 15.7. The largest absolute Gasteiger partial charge is 0.493 e. The van der Waals surface area contributed by atoms with E-state index in [1.54, 1.807) is 39.0 Å². The molecule has 0 amide bonds. The first-order chi connectivity index (χ1) is 12.4. The van der Waals surface area contributed by atoms with Crippen molar-refractivity contribution in [3.05, 3.63) is 50.9 Å². The fourth-order valence-electron chi connectivity index (χ4n) is 2.64. The smallest absolute Gasteiger partial charge is 0.289 e. The molecule has 0 aliphatic carbocycles. The molecule has 0 saturated carbocycles. The van der Waals surface area contributed by atoms with Crippen LogP contribution in [0.4, 0.5) is 0 Å². The number of hydrogen-bond donors (Lipinski definition) is 0.